The minimum atomic E-state index is -1.32. The van der Waals surface area contributed by atoms with Crippen molar-refractivity contribution in [2.45, 2.75) is 19.9 Å². The van der Waals surface area contributed by atoms with Crippen LogP contribution in [-0.4, -0.2) is 21.0 Å². The highest BCUT2D eigenvalue weighted by Gasteiger charge is 2.17. The number of aromatic nitrogens is 2. The molecule has 0 radical (unpaired) electrons. The minimum Gasteiger partial charge on any atom is -0.478 e. The SMILES string of the molecule is Cc1csc(C(C)Nc2nccc(C(=O)O)c2F)n1. The number of nitrogens with one attached hydrogen (secondary N) is 1. The summed E-state index contributed by atoms with van der Waals surface area (Å²) in [6, 6.07) is 0.880. The number of aromatic carboxylic acids is 1. The average molecular weight is 281 g/mol. The summed E-state index contributed by atoms with van der Waals surface area (Å²) in [5.41, 5.74) is 0.487. The number of pyridine rings is 1. The van der Waals surface area contributed by atoms with E-state index in [1.54, 1.807) is 0 Å². The van der Waals surface area contributed by atoms with E-state index in [4.69, 9.17) is 5.11 Å². The molecule has 2 aromatic rings. The molecule has 0 fully saturated rings. The van der Waals surface area contributed by atoms with Gasteiger partial charge in [0.2, 0.25) is 0 Å². The van der Waals surface area contributed by atoms with Crippen LogP contribution in [0, 0.1) is 12.7 Å². The molecular formula is C12H12FN3O2S. The normalized spacial score (nSPS) is 12.2. The summed E-state index contributed by atoms with van der Waals surface area (Å²) >= 11 is 1.45. The molecule has 1 atom stereocenters. The van der Waals surface area contributed by atoms with E-state index < -0.39 is 17.3 Å². The predicted molar refractivity (Wildman–Crippen MR) is 70.0 cm³/mol. The molecule has 100 valence electrons. The third-order valence-electron chi connectivity index (χ3n) is 2.48. The van der Waals surface area contributed by atoms with Crippen molar-refractivity contribution >= 4 is 23.1 Å². The molecule has 1 unspecified atom stereocenters. The fourth-order valence-corrected chi connectivity index (χ4v) is 2.35. The van der Waals surface area contributed by atoms with Crippen LogP contribution in [0.1, 0.15) is 34.0 Å². The number of carboxylic acid groups (broad SMARTS) is 1. The van der Waals surface area contributed by atoms with E-state index >= 15 is 0 Å². The highest BCUT2D eigenvalue weighted by atomic mass is 32.1. The lowest BCUT2D eigenvalue weighted by Crippen LogP contribution is -2.12. The van der Waals surface area contributed by atoms with Crippen LogP contribution in [0.3, 0.4) is 0 Å². The number of carboxylic acids is 1. The van der Waals surface area contributed by atoms with Gasteiger partial charge in [0.1, 0.15) is 10.6 Å². The molecule has 7 heteroatoms. The first kappa shape index (κ1) is 13.4. The molecule has 0 bridgehead atoms. The van der Waals surface area contributed by atoms with Gasteiger partial charge in [-0.05, 0) is 19.9 Å². The summed E-state index contributed by atoms with van der Waals surface area (Å²) < 4.78 is 13.9. The summed E-state index contributed by atoms with van der Waals surface area (Å²) in [7, 11) is 0. The van der Waals surface area contributed by atoms with E-state index in [0.717, 1.165) is 16.8 Å². The number of anilines is 1. The van der Waals surface area contributed by atoms with E-state index in [1.165, 1.54) is 17.5 Å². The van der Waals surface area contributed by atoms with Crippen molar-refractivity contribution in [2.24, 2.45) is 0 Å². The molecule has 0 aliphatic heterocycles. The van der Waals surface area contributed by atoms with Gasteiger partial charge in [-0.3, -0.25) is 0 Å². The Balaban J connectivity index is 2.24. The van der Waals surface area contributed by atoms with Crippen LogP contribution in [0.5, 0.6) is 0 Å². The van der Waals surface area contributed by atoms with Crippen LogP contribution in [0.2, 0.25) is 0 Å². The molecule has 0 spiro atoms. The summed E-state index contributed by atoms with van der Waals surface area (Å²) in [6.07, 6.45) is 1.26. The predicted octanol–water partition coefficient (Wildman–Crippen LogP) is 2.86. The van der Waals surface area contributed by atoms with Gasteiger partial charge in [0, 0.05) is 17.3 Å². The van der Waals surface area contributed by atoms with Crippen LogP contribution in [0.15, 0.2) is 17.6 Å². The van der Waals surface area contributed by atoms with Gasteiger partial charge in [-0.15, -0.1) is 11.3 Å². The van der Waals surface area contributed by atoms with Gasteiger partial charge < -0.3 is 10.4 Å². The van der Waals surface area contributed by atoms with Crippen molar-refractivity contribution in [3.05, 3.63) is 39.7 Å². The molecule has 0 aliphatic carbocycles. The summed E-state index contributed by atoms with van der Waals surface area (Å²) in [6.45, 7) is 3.68. The number of nitrogens with zero attached hydrogens (tertiary/aromatic N) is 2. The Bertz CT molecular complexity index is 615. The van der Waals surface area contributed by atoms with Crippen LogP contribution in [-0.2, 0) is 0 Å². The first-order valence-corrected chi connectivity index (χ1v) is 6.43. The van der Waals surface area contributed by atoms with Crippen molar-refractivity contribution in [2.75, 3.05) is 5.32 Å². The topological polar surface area (TPSA) is 75.1 Å². The fourth-order valence-electron chi connectivity index (χ4n) is 1.55. The monoisotopic (exact) mass is 281 g/mol. The van der Waals surface area contributed by atoms with E-state index in [2.05, 4.69) is 15.3 Å². The first-order valence-electron chi connectivity index (χ1n) is 5.55. The highest BCUT2D eigenvalue weighted by molar-refractivity contribution is 7.09. The second-order valence-electron chi connectivity index (χ2n) is 4.02. The van der Waals surface area contributed by atoms with Crippen molar-refractivity contribution in [3.63, 3.8) is 0 Å². The maximum Gasteiger partial charge on any atom is 0.338 e. The smallest absolute Gasteiger partial charge is 0.338 e. The Morgan fingerprint density at radius 2 is 2.32 bits per heavy atom. The number of rotatable bonds is 4. The van der Waals surface area contributed by atoms with E-state index in [-0.39, 0.29) is 11.9 Å². The van der Waals surface area contributed by atoms with Crippen molar-refractivity contribution in [1.29, 1.82) is 0 Å². The van der Waals surface area contributed by atoms with E-state index in [9.17, 15) is 9.18 Å². The molecule has 19 heavy (non-hydrogen) atoms. The van der Waals surface area contributed by atoms with Gasteiger partial charge in [0.15, 0.2) is 11.6 Å². The molecule has 0 aromatic carbocycles. The van der Waals surface area contributed by atoms with Gasteiger partial charge >= 0.3 is 5.97 Å². The average Bonchev–Trinajstić information content (AvgIpc) is 2.78. The molecule has 2 N–H and O–H groups in total. The number of hydrogen-bond acceptors (Lipinski definition) is 5. The molecule has 2 aromatic heterocycles. The lowest BCUT2D eigenvalue weighted by Gasteiger charge is -2.13. The van der Waals surface area contributed by atoms with Crippen molar-refractivity contribution in [1.82, 2.24) is 9.97 Å². The van der Waals surface area contributed by atoms with E-state index in [0.29, 0.717) is 0 Å². The Morgan fingerprint density at radius 1 is 1.58 bits per heavy atom. The van der Waals surface area contributed by atoms with Gasteiger partial charge in [0.25, 0.3) is 0 Å². The summed E-state index contributed by atoms with van der Waals surface area (Å²) in [5, 5.41) is 14.4. The Morgan fingerprint density at radius 3 is 2.89 bits per heavy atom. The van der Waals surface area contributed by atoms with Crippen LogP contribution in [0.25, 0.3) is 0 Å². The molecule has 0 saturated heterocycles. The third-order valence-corrected chi connectivity index (χ3v) is 3.63. The lowest BCUT2D eigenvalue weighted by atomic mass is 10.2. The third kappa shape index (κ3) is 2.87. The molecule has 2 heterocycles. The minimum absolute atomic E-state index is 0.0831. The molecule has 0 saturated carbocycles. The largest absolute Gasteiger partial charge is 0.478 e. The zero-order valence-electron chi connectivity index (χ0n) is 10.3. The summed E-state index contributed by atoms with van der Waals surface area (Å²) in [4.78, 5) is 18.9. The van der Waals surface area contributed by atoms with E-state index in [1.807, 2.05) is 19.2 Å². The van der Waals surface area contributed by atoms with Gasteiger partial charge in [-0.2, -0.15) is 0 Å². The first-order chi connectivity index (χ1) is 8.99. The van der Waals surface area contributed by atoms with Gasteiger partial charge in [0.05, 0.1) is 6.04 Å². The number of carbonyl (C=O) groups is 1. The van der Waals surface area contributed by atoms with Crippen LogP contribution in [0.4, 0.5) is 10.2 Å². The standard InChI is InChI=1S/C12H12FN3O2S/c1-6-5-19-11(15-6)7(2)16-10-9(13)8(12(17)18)3-4-14-10/h3-5,7H,1-2H3,(H,14,16)(H,17,18). The van der Waals surface area contributed by atoms with Crippen LogP contribution >= 0.6 is 11.3 Å². The number of aryl methyl sites for hydroxylation is 1. The quantitative estimate of drug-likeness (QED) is 0.901. The maximum absolute atomic E-state index is 13.9. The maximum atomic E-state index is 13.9. The molecule has 0 amide bonds. The van der Waals surface area contributed by atoms with Crippen LogP contribution < -0.4 is 5.32 Å². The number of hydrogen-bond donors (Lipinski definition) is 2. The number of halogens is 1. The second kappa shape index (κ2) is 5.31. The van der Waals surface area contributed by atoms with Gasteiger partial charge in [-0.1, -0.05) is 0 Å². The Kier molecular flexibility index (Phi) is 3.75. The number of thiazole rings is 1. The zero-order valence-corrected chi connectivity index (χ0v) is 11.2. The Hall–Kier alpha value is -2.02. The molecule has 5 nitrogen and oxygen atoms in total. The zero-order chi connectivity index (χ0) is 14.0. The highest BCUT2D eigenvalue weighted by Crippen LogP contribution is 2.23. The van der Waals surface area contributed by atoms with Gasteiger partial charge in [-0.25, -0.2) is 19.2 Å². The Labute approximate surface area is 113 Å². The fraction of sp³-hybridized carbons (Fsp3) is 0.250. The molecular weight excluding hydrogens is 269 g/mol. The molecule has 0 aliphatic rings. The lowest BCUT2D eigenvalue weighted by molar-refractivity contribution is 0.0692. The van der Waals surface area contributed by atoms with Crippen molar-refractivity contribution in [3.8, 4) is 0 Å². The summed E-state index contributed by atoms with van der Waals surface area (Å²) in [5.74, 6) is -2.27. The van der Waals surface area contributed by atoms with Crippen molar-refractivity contribution < 1.29 is 14.3 Å². The second-order valence-corrected chi connectivity index (χ2v) is 4.91. The molecule has 2 rings (SSSR count).